The predicted octanol–water partition coefficient (Wildman–Crippen LogP) is 1.49. The predicted molar refractivity (Wildman–Crippen MR) is 79.1 cm³/mol. The normalized spacial score (nSPS) is 22.7. The molecule has 1 fully saturated rings. The Morgan fingerprint density at radius 1 is 1.43 bits per heavy atom. The number of fused-ring (bicyclic) bond motifs is 1. The molecule has 3 rings (SSSR count). The smallest absolute Gasteiger partial charge is 0.410 e. The lowest BCUT2D eigenvalue weighted by Crippen LogP contribution is -2.52. The molecule has 2 aliphatic rings. The maximum absolute atomic E-state index is 12.0. The maximum Gasteiger partial charge on any atom is 0.410 e. The van der Waals surface area contributed by atoms with Crippen LogP contribution in [0.5, 0.6) is 0 Å². The second-order valence-corrected chi connectivity index (χ2v) is 7.09. The van der Waals surface area contributed by atoms with Gasteiger partial charge in [-0.1, -0.05) is 0 Å². The van der Waals surface area contributed by atoms with E-state index in [-0.39, 0.29) is 12.1 Å². The molecule has 1 aliphatic carbocycles. The molecule has 1 aromatic heterocycles. The second-order valence-electron chi connectivity index (χ2n) is 7.09. The first-order valence-corrected chi connectivity index (χ1v) is 7.61. The Hall–Kier alpha value is -1.56. The van der Waals surface area contributed by atoms with Gasteiger partial charge in [-0.05, 0) is 33.6 Å². The van der Waals surface area contributed by atoms with Gasteiger partial charge in [0.1, 0.15) is 5.60 Å². The van der Waals surface area contributed by atoms with E-state index in [1.165, 1.54) is 5.69 Å². The maximum atomic E-state index is 12.0. The Balaban J connectivity index is 1.61. The third-order valence-electron chi connectivity index (χ3n) is 4.10. The molecule has 6 heteroatoms. The van der Waals surface area contributed by atoms with Crippen LogP contribution in [0.1, 0.15) is 44.6 Å². The minimum atomic E-state index is -0.438. The largest absolute Gasteiger partial charge is 0.444 e. The van der Waals surface area contributed by atoms with Crippen molar-refractivity contribution >= 4 is 6.09 Å². The summed E-state index contributed by atoms with van der Waals surface area (Å²) in [6, 6.07) is 0.559. The fraction of sp³-hybridized carbons (Fsp3) is 0.733. The molecule has 2 N–H and O–H groups in total. The summed E-state index contributed by atoms with van der Waals surface area (Å²) < 4.78 is 7.60. The molecule has 1 aliphatic heterocycles. The number of aromatic nitrogens is 2. The van der Waals surface area contributed by atoms with E-state index >= 15 is 0 Å². The number of nitrogens with two attached hydrogens (primary N) is 1. The van der Waals surface area contributed by atoms with Crippen LogP contribution in [-0.4, -0.2) is 45.3 Å². The molecule has 1 saturated heterocycles. The highest BCUT2D eigenvalue weighted by atomic mass is 16.6. The summed E-state index contributed by atoms with van der Waals surface area (Å²) in [5, 5.41) is 0. The molecule has 1 unspecified atom stereocenters. The summed E-state index contributed by atoms with van der Waals surface area (Å²) in [6.07, 6.45) is 4.54. The van der Waals surface area contributed by atoms with Crippen LogP contribution in [0.2, 0.25) is 0 Å². The number of imidazole rings is 1. The van der Waals surface area contributed by atoms with Crippen LogP contribution in [0.4, 0.5) is 4.79 Å². The van der Waals surface area contributed by atoms with Crippen LogP contribution in [0, 0.1) is 0 Å². The quantitative estimate of drug-likeness (QED) is 0.851. The highest BCUT2D eigenvalue weighted by molar-refractivity contribution is 5.69. The van der Waals surface area contributed by atoms with E-state index in [1.807, 2.05) is 27.1 Å². The van der Waals surface area contributed by atoms with E-state index in [9.17, 15) is 4.79 Å². The van der Waals surface area contributed by atoms with Crippen molar-refractivity contribution in [1.29, 1.82) is 0 Å². The molecule has 21 heavy (non-hydrogen) atoms. The molecule has 116 valence electrons. The Bertz CT molecular complexity index is 540. The second kappa shape index (κ2) is 5.02. The summed E-state index contributed by atoms with van der Waals surface area (Å²) in [6.45, 7) is 7.06. The summed E-state index contributed by atoms with van der Waals surface area (Å²) in [5.41, 5.74) is 7.97. The SMILES string of the molecule is CC(C)(C)OC(=O)N1CC(n2cnc3c2CCC(N)C3)C1. The van der Waals surface area contributed by atoms with Gasteiger partial charge < -0.3 is 19.9 Å². The fourth-order valence-corrected chi connectivity index (χ4v) is 2.96. The van der Waals surface area contributed by atoms with Crippen LogP contribution in [0.3, 0.4) is 0 Å². The van der Waals surface area contributed by atoms with Crippen molar-refractivity contribution in [2.45, 2.75) is 57.7 Å². The Labute approximate surface area is 125 Å². The molecular formula is C15H24N4O2. The summed E-state index contributed by atoms with van der Waals surface area (Å²) in [4.78, 5) is 18.2. The number of carbonyl (C=O) groups excluding carboxylic acids is 1. The van der Waals surface area contributed by atoms with Gasteiger partial charge in [0.05, 0.1) is 18.1 Å². The number of hydrogen-bond donors (Lipinski definition) is 1. The highest BCUT2D eigenvalue weighted by Crippen LogP contribution is 2.28. The molecule has 0 bridgehead atoms. The van der Waals surface area contributed by atoms with Gasteiger partial charge in [0.15, 0.2) is 0 Å². The van der Waals surface area contributed by atoms with E-state index in [0.717, 1.165) is 25.0 Å². The number of nitrogens with zero attached hydrogens (tertiary/aromatic N) is 3. The topological polar surface area (TPSA) is 73.4 Å². The average molecular weight is 292 g/mol. The van der Waals surface area contributed by atoms with Crippen LogP contribution in [0.15, 0.2) is 6.33 Å². The molecule has 6 nitrogen and oxygen atoms in total. The minimum Gasteiger partial charge on any atom is -0.444 e. The molecule has 1 atom stereocenters. The van der Waals surface area contributed by atoms with Gasteiger partial charge in [0, 0.05) is 31.2 Å². The molecule has 0 aromatic carbocycles. The van der Waals surface area contributed by atoms with Crippen molar-refractivity contribution in [3.05, 3.63) is 17.7 Å². The van der Waals surface area contributed by atoms with Crippen LogP contribution >= 0.6 is 0 Å². The first-order valence-electron chi connectivity index (χ1n) is 7.61. The zero-order valence-electron chi connectivity index (χ0n) is 13.0. The first-order chi connectivity index (χ1) is 9.83. The number of likely N-dealkylation sites (tertiary alicyclic amines) is 1. The van der Waals surface area contributed by atoms with Crippen LogP contribution in [-0.2, 0) is 17.6 Å². The van der Waals surface area contributed by atoms with Crippen molar-refractivity contribution in [2.24, 2.45) is 5.73 Å². The Morgan fingerprint density at radius 2 is 2.14 bits per heavy atom. The van der Waals surface area contributed by atoms with Crippen molar-refractivity contribution in [3.8, 4) is 0 Å². The van der Waals surface area contributed by atoms with Gasteiger partial charge in [0.25, 0.3) is 0 Å². The average Bonchev–Trinajstić information content (AvgIpc) is 2.67. The van der Waals surface area contributed by atoms with Gasteiger partial charge in [-0.25, -0.2) is 9.78 Å². The molecule has 0 spiro atoms. The first kappa shape index (κ1) is 14.4. The molecule has 0 saturated carbocycles. The van der Waals surface area contributed by atoms with E-state index in [2.05, 4.69) is 9.55 Å². The summed E-state index contributed by atoms with van der Waals surface area (Å²) in [5.74, 6) is 0. The lowest BCUT2D eigenvalue weighted by molar-refractivity contribution is 0.000721. The number of rotatable bonds is 1. The van der Waals surface area contributed by atoms with Gasteiger partial charge >= 0.3 is 6.09 Å². The highest BCUT2D eigenvalue weighted by Gasteiger charge is 2.36. The third-order valence-corrected chi connectivity index (χ3v) is 4.10. The van der Waals surface area contributed by atoms with Crippen molar-refractivity contribution in [1.82, 2.24) is 14.5 Å². The van der Waals surface area contributed by atoms with Gasteiger partial charge in [-0.3, -0.25) is 0 Å². The molecular weight excluding hydrogens is 268 g/mol. The van der Waals surface area contributed by atoms with Crippen LogP contribution in [0.25, 0.3) is 0 Å². The molecule has 2 heterocycles. The lowest BCUT2D eigenvalue weighted by atomic mass is 9.96. The summed E-state index contributed by atoms with van der Waals surface area (Å²) in [7, 11) is 0. The molecule has 0 radical (unpaired) electrons. The standard InChI is InChI=1S/C15H24N4O2/c1-15(2,3)21-14(20)18-7-11(8-18)19-9-17-12-6-10(16)4-5-13(12)19/h9-11H,4-8,16H2,1-3H3. The Morgan fingerprint density at radius 3 is 2.81 bits per heavy atom. The lowest BCUT2D eigenvalue weighted by Gasteiger charge is -2.41. The van der Waals surface area contributed by atoms with Gasteiger partial charge in [-0.15, -0.1) is 0 Å². The molecule has 1 amide bonds. The van der Waals surface area contributed by atoms with E-state index in [1.54, 1.807) is 4.90 Å². The summed E-state index contributed by atoms with van der Waals surface area (Å²) >= 11 is 0. The van der Waals surface area contributed by atoms with Crippen LogP contribution < -0.4 is 5.73 Å². The van der Waals surface area contributed by atoms with Gasteiger partial charge in [-0.2, -0.15) is 0 Å². The van der Waals surface area contributed by atoms with Crippen molar-refractivity contribution < 1.29 is 9.53 Å². The van der Waals surface area contributed by atoms with E-state index in [4.69, 9.17) is 10.5 Å². The number of carbonyl (C=O) groups is 1. The zero-order valence-corrected chi connectivity index (χ0v) is 13.0. The van der Waals surface area contributed by atoms with Gasteiger partial charge in [0.2, 0.25) is 0 Å². The monoisotopic (exact) mass is 292 g/mol. The number of ether oxygens (including phenoxy) is 1. The Kier molecular flexibility index (Phi) is 3.43. The minimum absolute atomic E-state index is 0.227. The zero-order chi connectivity index (χ0) is 15.2. The number of amides is 1. The van der Waals surface area contributed by atoms with E-state index in [0.29, 0.717) is 19.1 Å². The third kappa shape index (κ3) is 2.90. The van der Waals surface area contributed by atoms with E-state index < -0.39 is 5.60 Å². The number of hydrogen-bond acceptors (Lipinski definition) is 4. The van der Waals surface area contributed by atoms with Crippen molar-refractivity contribution in [2.75, 3.05) is 13.1 Å². The van der Waals surface area contributed by atoms with Crippen molar-refractivity contribution in [3.63, 3.8) is 0 Å². The fourth-order valence-electron chi connectivity index (χ4n) is 2.96. The molecule has 1 aromatic rings.